The van der Waals surface area contributed by atoms with Crippen molar-refractivity contribution in [2.24, 2.45) is 0 Å². The molecule has 0 fully saturated rings. The van der Waals surface area contributed by atoms with Crippen LogP contribution in [-0.2, 0) is 6.54 Å². The van der Waals surface area contributed by atoms with Crippen LogP contribution in [0.4, 0.5) is 0 Å². The second-order valence-corrected chi connectivity index (χ2v) is 5.12. The van der Waals surface area contributed by atoms with E-state index in [9.17, 15) is 0 Å². The van der Waals surface area contributed by atoms with Gasteiger partial charge in [0, 0.05) is 15.8 Å². The molecule has 0 saturated carbocycles. The summed E-state index contributed by atoms with van der Waals surface area (Å²) in [6, 6.07) is 10.2. The fourth-order valence-corrected chi connectivity index (χ4v) is 2.79. The molecule has 3 aromatic rings. The van der Waals surface area contributed by atoms with Gasteiger partial charge in [-0.3, -0.25) is 0 Å². The van der Waals surface area contributed by atoms with Gasteiger partial charge < -0.3 is 9.67 Å². The third kappa shape index (κ3) is 2.53. The fourth-order valence-electron chi connectivity index (χ4n) is 1.97. The van der Waals surface area contributed by atoms with Crippen LogP contribution in [0.25, 0.3) is 11.0 Å². The van der Waals surface area contributed by atoms with Gasteiger partial charge in [0.2, 0.25) is 0 Å². The molecule has 0 aliphatic heterocycles. The maximum Gasteiger partial charge on any atom is 0.104 e. The van der Waals surface area contributed by atoms with Crippen molar-refractivity contribution in [1.82, 2.24) is 9.55 Å². The zero-order chi connectivity index (χ0) is 13.1. The van der Waals surface area contributed by atoms with Crippen molar-refractivity contribution < 1.29 is 5.11 Å². The third-order valence-corrected chi connectivity index (χ3v) is 3.74. The van der Waals surface area contributed by atoms with E-state index >= 15 is 0 Å². The number of aliphatic hydroxyl groups excluding tert-OH is 1. The van der Waals surface area contributed by atoms with E-state index in [2.05, 4.69) is 33.5 Å². The molecule has 0 amide bonds. The highest BCUT2D eigenvalue weighted by atomic mass is 32.1. The van der Waals surface area contributed by atoms with Crippen LogP contribution < -0.4 is 0 Å². The zero-order valence-corrected chi connectivity index (χ0v) is 11.0. The molecule has 19 heavy (non-hydrogen) atoms. The zero-order valence-electron chi connectivity index (χ0n) is 10.2. The quantitative estimate of drug-likeness (QED) is 0.725. The molecule has 94 valence electrons. The first-order chi connectivity index (χ1) is 9.36. The van der Waals surface area contributed by atoms with E-state index in [4.69, 9.17) is 5.11 Å². The highest BCUT2D eigenvalue weighted by Crippen LogP contribution is 2.18. The number of rotatable bonds is 2. The Hall–Kier alpha value is -2.09. The Morgan fingerprint density at radius 3 is 3.11 bits per heavy atom. The van der Waals surface area contributed by atoms with Crippen molar-refractivity contribution in [3.63, 3.8) is 0 Å². The summed E-state index contributed by atoms with van der Waals surface area (Å²) in [5, 5.41) is 10.7. The molecule has 4 heteroatoms. The Balaban J connectivity index is 1.87. The average Bonchev–Trinajstić information content (AvgIpc) is 3.05. The van der Waals surface area contributed by atoms with Crippen LogP contribution in [-0.4, -0.2) is 21.3 Å². The molecule has 3 rings (SSSR count). The lowest BCUT2D eigenvalue weighted by molar-refractivity contribution is 0.350. The molecule has 0 spiro atoms. The lowest BCUT2D eigenvalue weighted by Crippen LogP contribution is -1.95. The van der Waals surface area contributed by atoms with Crippen LogP contribution in [0.5, 0.6) is 0 Å². The first kappa shape index (κ1) is 12.0. The highest BCUT2D eigenvalue weighted by molar-refractivity contribution is 7.10. The molecule has 0 aliphatic carbocycles. The molecule has 0 saturated heterocycles. The van der Waals surface area contributed by atoms with Gasteiger partial charge in [-0.25, -0.2) is 4.98 Å². The standard InChI is InChI=1S/C15H12N2OS/c18-7-3-4-12-8-13(19-10-12)9-17-11-16-14-5-1-2-6-15(14)17/h1-2,5-6,8,10-11,18H,7,9H2. The topological polar surface area (TPSA) is 38.0 Å². The molecule has 0 aliphatic rings. The third-order valence-electron chi connectivity index (χ3n) is 2.82. The summed E-state index contributed by atoms with van der Waals surface area (Å²) < 4.78 is 2.13. The van der Waals surface area contributed by atoms with E-state index in [-0.39, 0.29) is 6.61 Å². The summed E-state index contributed by atoms with van der Waals surface area (Å²) in [7, 11) is 0. The predicted octanol–water partition coefficient (Wildman–Crippen LogP) is 2.49. The van der Waals surface area contributed by atoms with Gasteiger partial charge in [-0.15, -0.1) is 11.3 Å². The Morgan fingerprint density at radius 1 is 1.32 bits per heavy atom. The minimum Gasteiger partial charge on any atom is -0.384 e. The minimum absolute atomic E-state index is 0.0999. The van der Waals surface area contributed by atoms with E-state index in [1.54, 1.807) is 11.3 Å². The van der Waals surface area contributed by atoms with Crippen LogP contribution in [0, 0.1) is 11.8 Å². The van der Waals surface area contributed by atoms with Gasteiger partial charge in [-0.2, -0.15) is 0 Å². The summed E-state index contributed by atoms with van der Waals surface area (Å²) in [4.78, 5) is 5.60. The molecule has 3 nitrogen and oxygen atoms in total. The Labute approximate surface area is 115 Å². The number of imidazole rings is 1. The highest BCUT2D eigenvalue weighted by Gasteiger charge is 2.04. The second kappa shape index (κ2) is 5.27. The van der Waals surface area contributed by atoms with E-state index in [0.717, 1.165) is 23.1 Å². The first-order valence-electron chi connectivity index (χ1n) is 5.94. The fraction of sp³-hybridized carbons (Fsp3) is 0.133. The summed E-state index contributed by atoms with van der Waals surface area (Å²) >= 11 is 1.67. The predicted molar refractivity (Wildman–Crippen MR) is 77.1 cm³/mol. The van der Waals surface area contributed by atoms with E-state index < -0.39 is 0 Å². The maximum atomic E-state index is 8.68. The van der Waals surface area contributed by atoms with Gasteiger partial charge >= 0.3 is 0 Å². The summed E-state index contributed by atoms with van der Waals surface area (Å²) in [5.74, 6) is 5.58. The van der Waals surface area contributed by atoms with Crippen molar-refractivity contribution in [1.29, 1.82) is 0 Å². The molecule has 1 aromatic carbocycles. The van der Waals surface area contributed by atoms with Gasteiger partial charge in [0.15, 0.2) is 0 Å². The summed E-state index contributed by atoms with van der Waals surface area (Å²) in [6.07, 6.45) is 1.86. The summed E-state index contributed by atoms with van der Waals surface area (Å²) in [5.41, 5.74) is 3.11. The van der Waals surface area contributed by atoms with Gasteiger partial charge in [-0.05, 0) is 18.2 Å². The van der Waals surface area contributed by atoms with Crippen LogP contribution in [0.3, 0.4) is 0 Å². The van der Waals surface area contributed by atoms with Crippen molar-refractivity contribution in [3.8, 4) is 11.8 Å². The summed E-state index contributed by atoms with van der Waals surface area (Å²) in [6.45, 7) is 0.698. The maximum absolute atomic E-state index is 8.68. The molecular weight excluding hydrogens is 256 g/mol. The number of fused-ring (bicyclic) bond motifs is 1. The molecule has 0 unspecified atom stereocenters. The molecule has 0 atom stereocenters. The number of nitrogens with zero attached hydrogens (tertiary/aromatic N) is 2. The Morgan fingerprint density at radius 2 is 2.21 bits per heavy atom. The van der Waals surface area contributed by atoms with Crippen molar-refractivity contribution in [2.75, 3.05) is 6.61 Å². The molecule has 0 radical (unpaired) electrons. The van der Waals surface area contributed by atoms with Crippen molar-refractivity contribution in [2.45, 2.75) is 6.54 Å². The Bertz CT molecular complexity index is 761. The number of aromatic nitrogens is 2. The van der Waals surface area contributed by atoms with E-state index in [1.807, 2.05) is 29.9 Å². The monoisotopic (exact) mass is 268 g/mol. The SMILES string of the molecule is OCC#Cc1csc(Cn2cnc3ccccc32)c1. The smallest absolute Gasteiger partial charge is 0.104 e. The Kier molecular flexibility index (Phi) is 3.32. The molecular formula is C15H12N2OS. The number of para-hydroxylation sites is 2. The van der Waals surface area contributed by atoms with Crippen molar-refractivity contribution >= 4 is 22.4 Å². The number of hydrogen-bond acceptors (Lipinski definition) is 3. The van der Waals surface area contributed by atoms with Crippen LogP contribution in [0.2, 0.25) is 0 Å². The van der Waals surface area contributed by atoms with Gasteiger partial charge in [0.1, 0.15) is 6.61 Å². The number of benzene rings is 1. The molecule has 2 heterocycles. The second-order valence-electron chi connectivity index (χ2n) is 4.12. The lowest BCUT2D eigenvalue weighted by Gasteiger charge is -2.00. The number of hydrogen-bond donors (Lipinski definition) is 1. The van der Waals surface area contributed by atoms with Gasteiger partial charge in [0.25, 0.3) is 0 Å². The van der Waals surface area contributed by atoms with Gasteiger partial charge in [-0.1, -0.05) is 24.0 Å². The lowest BCUT2D eigenvalue weighted by atomic mass is 10.3. The van der Waals surface area contributed by atoms with Crippen LogP contribution in [0.1, 0.15) is 10.4 Å². The van der Waals surface area contributed by atoms with Crippen LogP contribution in [0.15, 0.2) is 42.0 Å². The van der Waals surface area contributed by atoms with Gasteiger partial charge in [0.05, 0.1) is 23.9 Å². The molecule has 2 aromatic heterocycles. The molecule has 0 bridgehead atoms. The van der Waals surface area contributed by atoms with Crippen LogP contribution >= 0.6 is 11.3 Å². The number of aliphatic hydroxyl groups is 1. The van der Waals surface area contributed by atoms with E-state index in [1.165, 1.54) is 4.88 Å². The largest absolute Gasteiger partial charge is 0.384 e. The first-order valence-corrected chi connectivity index (χ1v) is 6.82. The van der Waals surface area contributed by atoms with E-state index in [0.29, 0.717) is 0 Å². The average molecular weight is 268 g/mol. The minimum atomic E-state index is -0.0999. The number of thiophene rings is 1. The van der Waals surface area contributed by atoms with Crippen molar-refractivity contribution in [3.05, 3.63) is 52.5 Å². The molecule has 1 N–H and O–H groups in total. The normalized spacial score (nSPS) is 10.4.